The minimum absolute atomic E-state index is 0.464. The molecule has 1 aliphatic heterocycles. The zero-order chi connectivity index (χ0) is 14.8. The lowest BCUT2D eigenvalue weighted by Gasteiger charge is -2.30. The maximum atomic E-state index is 11.6. The van der Waals surface area contributed by atoms with E-state index >= 15 is 0 Å². The van der Waals surface area contributed by atoms with Crippen molar-refractivity contribution < 1.29 is 9.90 Å². The summed E-state index contributed by atoms with van der Waals surface area (Å²) < 4.78 is 0. The van der Waals surface area contributed by atoms with Crippen molar-refractivity contribution in [3.05, 3.63) is 35.5 Å². The second-order valence-corrected chi connectivity index (χ2v) is 5.82. The predicted molar refractivity (Wildman–Crippen MR) is 84.0 cm³/mol. The van der Waals surface area contributed by atoms with Gasteiger partial charge in [-0.15, -0.1) is 0 Å². The Morgan fingerprint density at radius 1 is 1.29 bits per heavy atom. The summed E-state index contributed by atoms with van der Waals surface area (Å²) in [6.07, 6.45) is 5.46. The summed E-state index contributed by atoms with van der Waals surface area (Å²) in [4.78, 5) is 17.9. The van der Waals surface area contributed by atoms with Gasteiger partial charge in [-0.1, -0.05) is 24.4 Å². The second kappa shape index (κ2) is 5.90. The van der Waals surface area contributed by atoms with Crippen LogP contribution < -0.4 is 4.90 Å². The highest BCUT2D eigenvalue weighted by atomic mass is 35.5. The third kappa shape index (κ3) is 2.81. The molecule has 0 saturated carbocycles. The van der Waals surface area contributed by atoms with E-state index in [9.17, 15) is 9.90 Å². The number of nitrogens with zero attached hydrogens (tertiary/aromatic N) is 2. The van der Waals surface area contributed by atoms with Crippen LogP contribution >= 0.6 is 11.6 Å². The number of carboxylic acid groups (broad SMARTS) is 1. The first-order valence-electron chi connectivity index (χ1n) is 7.20. The smallest absolute Gasteiger partial charge is 0.326 e. The molecule has 1 unspecified atom stereocenters. The van der Waals surface area contributed by atoms with Crippen molar-refractivity contribution in [1.82, 2.24) is 4.98 Å². The van der Waals surface area contributed by atoms with Crippen LogP contribution in [0.4, 0.5) is 5.69 Å². The summed E-state index contributed by atoms with van der Waals surface area (Å²) >= 11 is 6.01. The molecule has 0 radical (unpaired) electrons. The van der Waals surface area contributed by atoms with Gasteiger partial charge < -0.3 is 10.0 Å². The predicted octanol–water partition coefficient (Wildman–Crippen LogP) is 3.72. The maximum Gasteiger partial charge on any atom is 0.326 e. The Hall–Kier alpha value is -1.81. The lowest BCUT2D eigenvalue weighted by molar-refractivity contribution is -0.138. The highest BCUT2D eigenvalue weighted by molar-refractivity contribution is 6.31. The Labute approximate surface area is 128 Å². The standard InChI is InChI=1S/C16H17ClN2O2/c17-11-5-6-12-13(10-11)18-8-7-14(12)19-9-3-1-2-4-15(19)16(20)21/h5-8,10,15H,1-4,9H2,(H,20,21). The SMILES string of the molecule is O=C(O)C1CCCCCN1c1ccnc2cc(Cl)ccc12. The minimum Gasteiger partial charge on any atom is -0.480 e. The number of fused-ring (bicyclic) bond motifs is 1. The van der Waals surface area contributed by atoms with E-state index in [4.69, 9.17) is 11.6 Å². The van der Waals surface area contributed by atoms with Crippen LogP contribution in [0, 0.1) is 0 Å². The van der Waals surface area contributed by atoms with Gasteiger partial charge in [0, 0.05) is 28.8 Å². The van der Waals surface area contributed by atoms with Gasteiger partial charge in [-0.25, -0.2) is 4.79 Å². The molecule has 0 aliphatic carbocycles. The Bertz CT molecular complexity index is 674. The van der Waals surface area contributed by atoms with Crippen molar-refractivity contribution >= 4 is 34.2 Å². The first kappa shape index (κ1) is 14.1. The van der Waals surface area contributed by atoms with Gasteiger partial charge >= 0.3 is 5.97 Å². The number of pyridine rings is 1. The number of hydrogen-bond acceptors (Lipinski definition) is 3. The number of anilines is 1. The van der Waals surface area contributed by atoms with E-state index in [1.54, 1.807) is 6.20 Å². The van der Waals surface area contributed by atoms with Gasteiger partial charge in [0.1, 0.15) is 6.04 Å². The van der Waals surface area contributed by atoms with Crippen LogP contribution in [0.5, 0.6) is 0 Å². The van der Waals surface area contributed by atoms with Crippen LogP contribution in [-0.4, -0.2) is 28.6 Å². The Morgan fingerprint density at radius 2 is 2.14 bits per heavy atom. The van der Waals surface area contributed by atoms with Gasteiger partial charge in [0.15, 0.2) is 0 Å². The normalized spacial score (nSPS) is 19.5. The number of aromatic nitrogens is 1. The Morgan fingerprint density at radius 3 is 2.95 bits per heavy atom. The third-order valence-corrected chi connectivity index (χ3v) is 4.26. The van der Waals surface area contributed by atoms with E-state index in [2.05, 4.69) is 4.98 Å². The van der Waals surface area contributed by atoms with Gasteiger partial charge in [0.2, 0.25) is 0 Å². The molecule has 1 N–H and O–H groups in total. The van der Waals surface area contributed by atoms with E-state index in [0.29, 0.717) is 11.4 Å². The minimum atomic E-state index is -0.754. The van der Waals surface area contributed by atoms with Crippen molar-refractivity contribution in [2.45, 2.75) is 31.7 Å². The van der Waals surface area contributed by atoms with Crippen LogP contribution in [0.1, 0.15) is 25.7 Å². The molecule has 5 heteroatoms. The highest BCUT2D eigenvalue weighted by Crippen LogP contribution is 2.31. The molecule has 110 valence electrons. The quantitative estimate of drug-likeness (QED) is 0.918. The highest BCUT2D eigenvalue weighted by Gasteiger charge is 2.28. The average molecular weight is 305 g/mol. The number of carboxylic acids is 1. The number of benzene rings is 1. The fourth-order valence-electron chi connectivity index (χ4n) is 3.01. The van der Waals surface area contributed by atoms with E-state index in [0.717, 1.165) is 42.4 Å². The lowest BCUT2D eigenvalue weighted by Crippen LogP contribution is -2.41. The fraction of sp³-hybridized carbons (Fsp3) is 0.375. The number of aliphatic carboxylic acids is 1. The zero-order valence-electron chi connectivity index (χ0n) is 11.6. The van der Waals surface area contributed by atoms with Crippen LogP contribution in [0.2, 0.25) is 5.02 Å². The molecule has 1 saturated heterocycles. The fourth-order valence-corrected chi connectivity index (χ4v) is 3.18. The van der Waals surface area contributed by atoms with Gasteiger partial charge in [-0.3, -0.25) is 4.98 Å². The summed E-state index contributed by atoms with van der Waals surface area (Å²) in [6.45, 7) is 0.763. The van der Waals surface area contributed by atoms with Crippen molar-refractivity contribution in [3.8, 4) is 0 Å². The van der Waals surface area contributed by atoms with Gasteiger partial charge in [-0.05, 0) is 37.1 Å². The van der Waals surface area contributed by atoms with E-state index in [1.165, 1.54) is 0 Å². The maximum absolute atomic E-state index is 11.6. The van der Waals surface area contributed by atoms with Crippen molar-refractivity contribution in [2.24, 2.45) is 0 Å². The number of rotatable bonds is 2. The lowest BCUT2D eigenvalue weighted by atomic mass is 10.1. The van der Waals surface area contributed by atoms with E-state index in [-0.39, 0.29) is 0 Å². The molecule has 0 amide bonds. The zero-order valence-corrected chi connectivity index (χ0v) is 12.4. The molecule has 0 bridgehead atoms. The van der Waals surface area contributed by atoms with Gasteiger partial charge in [0.25, 0.3) is 0 Å². The van der Waals surface area contributed by atoms with Gasteiger partial charge in [0.05, 0.1) is 5.52 Å². The van der Waals surface area contributed by atoms with Crippen LogP contribution in [0.3, 0.4) is 0 Å². The second-order valence-electron chi connectivity index (χ2n) is 5.39. The third-order valence-electron chi connectivity index (χ3n) is 4.03. The molecule has 3 rings (SSSR count). The first-order valence-corrected chi connectivity index (χ1v) is 7.58. The molecule has 2 aromatic rings. The van der Waals surface area contributed by atoms with Crippen LogP contribution in [-0.2, 0) is 4.79 Å². The summed E-state index contributed by atoms with van der Waals surface area (Å²) in [6, 6.07) is 6.99. The molecular weight excluding hydrogens is 288 g/mol. The molecule has 1 aliphatic rings. The molecule has 1 aromatic heterocycles. The van der Waals surface area contributed by atoms with Crippen molar-refractivity contribution in [3.63, 3.8) is 0 Å². The first-order chi connectivity index (χ1) is 10.2. The monoisotopic (exact) mass is 304 g/mol. The molecule has 2 heterocycles. The summed E-state index contributed by atoms with van der Waals surface area (Å²) in [5.41, 5.74) is 1.74. The number of halogens is 1. The largest absolute Gasteiger partial charge is 0.480 e. The Balaban J connectivity index is 2.10. The average Bonchev–Trinajstić information content (AvgIpc) is 2.72. The van der Waals surface area contributed by atoms with Crippen LogP contribution in [0.15, 0.2) is 30.5 Å². The molecular formula is C16H17ClN2O2. The molecule has 21 heavy (non-hydrogen) atoms. The number of hydrogen-bond donors (Lipinski definition) is 1. The summed E-state index contributed by atoms with van der Waals surface area (Å²) in [5, 5.41) is 11.1. The molecule has 4 nitrogen and oxygen atoms in total. The van der Waals surface area contributed by atoms with E-state index in [1.807, 2.05) is 29.2 Å². The summed E-state index contributed by atoms with van der Waals surface area (Å²) in [5.74, 6) is -0.754. The van der Waals surface area contributed by atoms with Crippen molar-refractivity contribution in [1.29, 1.82) is 0 Å². The Kier molecular flexibility index (Phi) is 3.97. The molecule has 1 fully saturated rings. The molecule has 1 atom stereocenters. The topological polar surface area (TPSA) is 53.4 Å². The molecule has 1 aromatic carbocycles. The molecule has 0 spiro atoms. The number of carbonyl (C=O) groups is 1. The van der Waals surface area contributed by atoms with E-state index < -0.39 is 12.0 Å². The van der Waals surface area contributed by atoms with Crippen molar-refractivity contribution in [2.75, 3.05) is 11.4 Å². The van der Waals surface area contributed by atoms with Crippen LogP contribution in [0.25, 0.3) is 10.9 Å². The summed E-state index contributed by atoms with van der Waals surface area (Å²) in [7, 11) is 0. The van der Waals surface area contributed by atoms with Gasteiger partial charge in [-0.2, -0.15) is 0 Å².